The van der Waals surface area contributed by atoms with Crippen molar-refractivity contribution in [1.29, 1.82) is 0 Å². The number of rotatable bonds is 17. The normalized spacial score (nSPS) is 19.6. The number of H-pyrrole nitrogens is 1. The van der Waals surface area contributed by atoms with Crippen LogP contribution in [0, 0.1) is 18.7 Å². The summed E-state index contributed by atoms with van der Waals surface area (Å²) in [4.78, 5) is 47.3. The highest BCUT2D eigenvalue weighted by Crippen LogP contribution is 2.53. The van der Waals surface area contributed by atoms with Gasteiger partial charge in [0, 0.05) is 97.1 Å². The molecule has 19 nitrogen and oxygen atoms in total. The number of carbonyl (C=O) groups excluding carboxylic acids is 2. The minimum absolute atomic E-state index is 0.112. The number of aliphatic hydroxyl groups excluding tert-OH is 2. The number of amides is 2. The second kappa shape index (κ2) is 24.5. The van der Waals surface area contributed by atoms with E-state index in [2.05, 4.69) is 47.1 Å². The quantitative estimate of drug-likeness (QED) is 0.0572. The highest BCUT2D eigenvalue weighted by atomic mass is 35.5. The molecule has 5 atom stereocenters. The van der Waals surface area contributed by atoms with Gasteiger partial charge in [-0.3, -0.25) is 19.7 Å². The summed E-state index contributed by atoms with van der Waals surface area (Å²) >= 11 is 6.41. The lowest BCUT2D eigenvalue weighted by Crippen LogP contribution is -2.51. The van der Waals surface area contributed by atoms with Crippen LogP contribution in [0.2, 0.25) is 5.02 Å². The van der Waals surface area contributed by atoms with Gasteiger partial charge in [-0.25, -0.2) is 9.07 Å². The number of aromatic amines is 1. The number of likely N-dealkylation sites (tertiary alicyclic amines) is 1. The van der Waals surface area contributed by atoms with Crippen molar-refractivity contribution in [2.24, 2.45) is 5.92 Å². The minimum Gasteiger partial charge on any atom is -0.486 e. The second-order valence-corrected chi connectivity index (χ2v) is 23.4. The zero-order valence-electron chi connectivity index (χ0n) is 47.6. The fourth-order valence-electron chi connectivity index (χ4n) is 12.7. The number of anilines is 1. The number of nitrogens with zero attached hydrogens (tertiary/aromatic N) is 9. The molecule has 2 bridgehead atoms. The van der Waals surface area contributed by atoms with Gasteiger partial charge in [0.05, 0.1) is 48.8 Å². The number of hydrogen-bond donors (Lipinski definition) is 5. The van der Waals surface area contributed by atoms with Crippen LogP contribution in [0.1, 0.15) is 105 Å². The molecule has 5 fully saturated rings. The largest absolute Gasteiger partial charge is 0.486 e. The summed E-state index contributed by atoms with van der Waals surface area (Å²) < 4.78 is 37.3. The van der Waals surface area contributed by atoms with E-state index in [1.807, 2.05) is 69.3 Å². The van der Waals surface area contributed by atoms with Crippen LogP contribution in [-0.2, 0) is 20.9 Å². The first-order chi connectivity index (χ1) is 41.0. The smallest absolute Gasteiger partial charge is 0.319 e. The molecule has 0 spiro atoms. The average Bonchev–Trinajstić information content (AvgIpc) is 1.71. The van der Waals surface area contributed by atoms with E-state index in [9.17, 15) is 14.7 Å². The summed E-state index contributed by atoms with van der Waals surface area (Å²) in [6.07, 6.45) is 13.5. The van der Waals surface area contributed by atoms with Crippen molar-refractivity contribution in [3.05, 3.63) is 125 Å². The Hall–Kier alpha value is -7.62. The Morgan fingerprint density at radius 3 is 2.37 bits per heavy atom. The van der Waals surface area contributed by atoms with E-state index in [-0.39, 0.29) is 54.8 Å². The molecular formula is C63H70ClFN12O7. The van der Waals surface area contributed by atoms with Gasteiger partial charge in [-0.2, -0.15) is 15.1 Å². The number of hydrogen-bond acceptors (Lipinski definition) is 15. The van der Waals surface area contributed by atoms with Crippen molar-refractivity contribution in [2.45, 2.75) is 121 Å². The Labute approximate surface area is 491 Å². The number of benzene rings is 4. The molecule has 21 heteroatoms. The molecule has 4 saturated heterocycles. The third kappa shape index (κ3) is 11.4. The van der Waals surface area contributed by atoms with Gasteiger partial charge in [-0.05, 0) is 103 Å². The Balaban J connectivity index is 0.00000344. The number of fused-ring (bicyclic) bond motifs is 4. The van der Waals surface area contributed by atoms with E-state index in [0.717, 1.165) is 114 Å². The predicted octanol–water partition coefficient (Wildman–Crippen LogP) is 9.20. The Morgan fingerprint density at radius 1 is 0.905 bits per heavy atom. The van der Waals surface area contributed by atoms with E-state index < -0.39 is 18.1 Å². The fourth-order valence-corrected chi connectivity index (χ4v) is 12.9. The molecule has 438 valence electrons. The van der Waals surface area contributed by atoms with E-state index in [1.54, 1.807) is 40.4 Å². The fraction of sp³-hybridized carbons (Fsp3) is 0.429. The highest BCUT2D eigenvalue weighted by molar-refractivity contribution is 6.33. The van der Waals surface area contributed by atoms with Gasteiger partial charge >= 0.3 is 6.01 Å². The molecule has 0 radical (unpaired) electrons. The maximum Gasteiger partial charge on any atom is 0.319 e. The lowest BCUT2D eigenvalue weighted by molar-refractivity contribution is -0.142. The van der Waals surface area contributed by atoms with Gasteiger partial charge in [-0.15, -0.1) is 5.10 Å². The summed E-state index contributed by atoms with van der Waals surface area (Å²) in [6.45, 7) is 8.76. The summed E-state index contributed by atoms with van der Waals surface area (Å²) in [5.41, 5.74) is 8.85. The Kier molecular flexibility index (Phi) is 16.6. The van der Waals surface area contributed by atoms with Crippen molar-refractivity contribution < 1.29 is 38.4 Å². The maximum absolute atomic E-state index is 16.2. The number of piperazine rings is 1. The van der Waals surface area contributed by atoms with Crippen molar-refractivity contribution in [3.8, 4) is 45.3 Å². The molecule has 8 aromatic rings. The summed E-state index contributed by atoms with van der Waals surface area (Å²) in [5, 5.41) is 43.0. The molecule has 4 aromatic carbocycles. The van der Waals surface area contributed by atoms with Crippen LogP contribution >= 0.6 is 11.6 Å². The molecule has 4 aromatic heterocycles. The van der Waals surface area contributed by atoms with Gasteiger partial charge < -0.3 is 44.9 Å². The molecule has 4 aliphatic heterocycles. The molecule has 13 rings (SSSR count). The third-order valence-electron chi connectivity index (χ3n) is 17.1. The van der Waals surface area contributed by atoms with Gasteiger partial charge in [0.25, 0.3) is 0 Å². The molecule has 5 aliphatic rings. The molecule has 84 heavy (non-hydrogen) atoms. The molecule has 2 amide bonds. The molecule has 5 unspecified atom stereocenters. The maximum atomic E-state index is 16.2. The van der Waals surface area contributed by atoms with Crippen LogP contribution in [0.4, 0.5) is 10.2 Å². The van der Waals surface area contributed by atoms with Crippen molar-refractivity contribution in [1.82, 2.24) is 55.7 Å². The number of pyridine rings is 1. The topological polar surface area (TPSA) is 231 Å². The van der Waals surface area contributed by atoms with E-state index >= 15 is 4.39 Å². The number of carbonyl (C=O) groups is 2. The number of nitrogens with one attached hydrogen (secondary N) is 3. The number of aliphatic hydroxyl groups is 2. The Bertz CT molecular complexity index is 3670. The monoisotopic (exact) mass is 1160 g/mol. The summed E-state index contributed by atoms with van der Waals surface area (Å²) in [5.74, 6) is 0.479. The minimum atomic E-state index is -0.739. The highest BCUT2D eigenvalue weighted by Gasteiger charge is 2.41. The van der Waals surface area contributed by atoms with Crippen LogP contribution in [0.15, 0.2) is 91.5 Å². The van der Waals surface area contributed by atoms with Crippen LogP contribution < -0.4 is 25.0 Å². The Morgan fingerprint density at radius 2 is 1.65 bits per heavy atom. The molecular weight excluding hydrogens is 1090 g/mol. The van der Waals surface area contributed by atoms with E-state index in [4.69, 9.17) is 40.9 Å². The number of halogens is 2. The average molecular weight is 1160 g/mol. The zero-order chi connectivity index (χ0) is 58.2. The van der Waals surface area contributed by atoms with Crippen molar-refractivity contribution >= 4 is 51.0 Å². The molecule has 1 aliphatic carbocycles. The van der Waals surface area contributed by atoms with Crippen LogP contribution in [0.3, 0.4) is 0 Å². The van der Waals surface area contributed by atoms with Crippen LogP contribution in [-0.4, -0.2) is 138 Å². The predicted molar refractivity (Wildman–Crippen MR) is 317 cm³/mol. The first-order valence-corrected chi connectivity index (χ1v) is 29.6. The van der Waals surface area contributed by atoms with Gasteiger partial charge in [-0.1, -0.05) is 79.2 Å². The van der Waals surface area contributed by atoms with Crippen molar-refractivity contribution in [2.75, 3.05) is 51.5 Å². The lowest BCUT2D eigenvalue weighted by Gasteiger charge is -2.35. The number of ether oxygens (including phenoxy) is 3. The molecule has 1 saturated carbocycles. The first-order valence-electron chi connectivity index (χ1n) is 29.2. The third-order valence-corrected chi connectivity index (χ3v) is 17.5. The van der Waals surface area contributed by atoms with Crippen LogP contribution in [0.5, 0.6) is 11.8 Å². The van der Waals surface area contributed by atoms with E-state index in [1.165, 1.54) is 6.07 Å². The van der Waals surface area contributed by atoms with Crippen molar-refractivity contribution in [3.63, 3.8) is 0 Å². The first kappa shape index (κ1) is 56.8. The molecule has 8 heterocycles. The van der Waals surface area contributed by atoms with Gasteiger partial charge in [0.2, 0.25) is 11.8 Å². The summed E-state index contributed by atoms with van der Waals surface area (Å²) in [6, 6.07) is 19.6. The zero-order valence-corrected chi connectivity index (χ0v) is 48.4. The van der Waals surface area contributed by atoms with E-state index in [0.29, 0.717) is 83.3 Å². The second-order valence-electron chi connectivity index (χ2n) is 23.0. The summed E-state index contributed by atoms with van der Waals surface area (Å²) in [7, 11) is 1.00. The van der Waals surface area contributed by atoms with Gasteiger partial charge in [0.1, 0.15) is 47.6 Å². The SMILES string of the molecule is CO.Cc1c(F)cc2[nH]ncc2c1-c1c(C2CC2)cc2c(N3CC4CCC(C3)N4)nc(OC3CCOCC3)nc2c1OCc1ccc(-c2cn(C(C(=O)N3CCCC3C(=O)NC(CO)c3ccc(-c4cnccc4Cl)cc3)C(C)C)nn2)cc1. The molecule has 5 N–H and O–H groups in total. The van der Waals surface area contributed by atoms with Crippen LogP contribution in [0.25, 0.3) is 55.3 Å². The standard InChI is InChI=1S/C62H66ClFN12O6.CH4O/c1-34(2)57(61(79)75-22-4-5-53(75)60(78)68-52(32-77)40-14-12-38(13-15-40)46-27-65-21-18-48(46)63)76-31-51(72-73-76)39-8-6-36(7-9-39)33-81-58-55(54-35(3)49(64)26-50-47(54)28-66-71-50)44(37-10-11-37)25-45-56(58)69-62(82-43-19-23-80-24-20-43)70-59(45)74-29-41-16-17-42(30-74)67-41;1-2/h6-9,12-15,18,21,25-28,31,34,37,41-43,52-53,57,67,77H,4-5,10-11,16-17,19-20,22-24,29-30,32-33H2,1-3H3,(H,66,71)(H,68,78);2H,1H3. The van der Waals surface area contributed by atoms with Gasteiger partial charge in [0.15, 0.2) is 5.75 Å². The number of aromatic nitrogens is 8. The lowest BCUT2D eigenvalue weighted by atomic mass is 9.88.